The molecule has 0 fully saturated rings. The number of halogens is 1. The smallest absolute Gasteiger partial charge is 0.290 e. The number of nitrogens with zero attached hydrogens (tertiary/aromatic N) is 6. The largest absolute Gasteiger partial charge is 0.333 e. The molecular weight excluding hydrogens is 474 g/mol. The van der Waals surface area contributed by atoms with Gasteiger partial charge in [-0.3, -0.25) is 14.1 Å². The van der Waals surface area contributed by atoms with E-state index in [-0.39, 0.29) is 5.69 Å². The van der Waals surface area contributed by atoms with E-state index in [2.05, 4.69) is 39.5 Å². The number of pyridine rings is 1. The quantitative estimate of drug-likeness (QED) is 0.320. The minimum atomic E-state index is -0.116. The molecule has 0 aliphatic heterocycles. The molecule has 1 N–H and O–H groups in total. The van der Waals surface area contributed by atoms with Gasteiger partial charge in [0, 0.05) is 29.2 Å². The van der Waals surface area contributed by atoms with Crippen LogP contribution in [-0.2, 0) is 19.4 Å². The SMILES string of the molecule is CCCc1cn(-c2c(Cl)cccc2CC)c(=O)n1Cc1ccc(-c2ccccc2-c2nn[nH]n2)cn1. The highest BCUT2D eigenvalue weighted by molar-refractivity contribution is 6.32. The van der Waals surface area contributed by atoms with E-state index in [0.717, 1.165) is 58.6 Å². The molecule has 9 heteroatoms. The highest BCUT2D eigenvalue weighted by atomic mass is 35.5. The highest BCUT2D eigenvalue weighted by Crippen LogP contribution is 2.29. The van der Waals surface area contributed by atoms with Gasteiger partial charge >= 0.3 is 5.69 Å². The number of benzene rings is 2. The van der Waals surface area contributed by atoms with Crippen molar-refractivity contribution in [2.75, 3.05) is 0 Å². The number of rotatable bonds is 8. The highest BCUT2D eigenvalue weighted by Gasteiger charge is 2.17. The van der Waals surface area contributed by atoms with Crippen molar-refractivity contribution in [3.8, 4) is 28.2 Å². The molecule has 0 aliphatic rings. The summed E-state index contributed by atoms with van der Waals surface area (Å²) in [5, 5.41) is 15.0. The van der Waals surface area contributed by atoms with Crippen LogP contribution >= 0.6 is 11.6 Å². The summed E-state index contributed by atoms with van der Waals surface area (Å²) in [6.07, 6.45) is 6.22. The summed E-state index contributed by atoms with van der Waals surface area (Å²) in [6.45, 7) is 4.54. The molecule has 0 saturated heterocycles. The molecule has 8 nitrogen and oxygen atoms in total. The van der Waals surface area contributed by atoms with Crippen molar-refractivity contribution in [1.82, 2.24) is 34.7 Å². The molecule has 0 amide bonds. The molecule has 0 unspecified atom stereocenters. The summed E-state index contributed by atoms with van der Waals surface area (Å²) in [5.74, 6) is 0.526. The molecule has 0 bridgehead atoms. The minimum absolute atomic E-state index is 0.116. The van der Waals surface area contributed by atoms with E-state index < -0.39 is 0 Å². The first-order valence-electron chi connectivity index (χ1n) is 12.0. The van der Waals surface area contributed by atoms with Crippen LogP contribution in [0.25, 0.3) is 28.2 Å². The molecule has 0 spiro atoms. The van der Waals surface area contributed by atoms with Gasteiger partial charge in [0.05, 0.1) is 22.9 Å². The number of H-pyrrole nitrogens is 1. The maximum Gasteiger partial charge on any atom is 0.333 e. The lowest BCUT2D eigenvalue weighted by Gasteiger charge is -2.10. The first kappa shape index (κ1) is 23.7. The van der Waals surface area contributed by atoms with Gasteiger partial charge in [0.25, 0.3) is 0 Å². The van der Waals surface area contributed by atoms with Gasteiger partial charge in [0.2, 0.25) is 5.82 Å². The number of tetrazole rings is 1. The molecule has 3 aromatic heterocycles. The first-order chi connectivity index (χ1) is 17.6. The molecule has 182 valence electrons. The van der Waals surface area contributed by atoms with E-state index >= 15 is 0 Å². The summed E-state index contributed by atoms with van der Waals surface area (Å²) in [7, 11) is 0. The van der Waals surface area contributed by atoms with Gasteiger partial charge < -0.3 is 0 Å². The summed E-state index contributed by atoms with van der Waals surface area (Å²) in [4.78, 5) is 18.3. The van der Waals surface area contributed by atoms with Crippen LogP contribution in [0.1, 0.15) is 37.2 Å². The van der Waals surface area contributed by atoms with Crippen LogP contribution in [0.2, 0.25) is 5.02 Å². The normalized spacial score (nSPS) is 11.2. The van der Waals surface area contributed by atoms with Gasteiger partial charge in [-0.2, -0.15) is 5.21 Å². The van der Waals surface area contributed by atoms with Crippen LogP contribution in [0.15, 0.2) is 71.8 Å². The van der Waals surface area contributed by atoms with Crippen LogP contribution in [0.3, 0.4) is 0 Å². The lowest BCUT2D eigenvalue weighted by atomic mass is 10.0. The standard InChI is InChI=1S/C27H26ClN7O/c1-3-8-21-17-35(25-18(4-2)9-7-12-24(25)28)27(36)34(21)16-20-14-13-19(15-29-20)22-10-5-6-11-23(22)26-30-32-33-31-26/h5-7,9-15,17H,3-4,8,16H2,1-2H3,(H,30,31,32,33). The monoisotopic (exact) mass is 499 g/mol. The minimum Gasteiger partial charge on any atom is -0.290 e. The number of nitrogens with one attached hydrogen (secondary N) is 1. The molecule has 3 heterocycles. The van der Waals surface area contributed by atoms with Crippen LogP contribution < -0.4 is 5.69 Å². The maximum atomic E-state index is 13.6. The molecule has 36 heavy (non-hydrogen) atoms. The molecule has 0 radical (unpaired) electrons. The summed E-state index contributed by atoms with van der Waals surface area (Å²) in [5.41, 5.74) is 6.18. The lowest BCUT2D eigenvalue weighted by molar-refractivity contribution is 0.679. The van der Waals surface area contributed by atoms with Crippen LogP contribution in [-0.4, -0.2) is 34.7 Å². The Balaban J connectivity index is 1.50. The van der Waals surface area contributed by atoms with Crippen LogP contribution in [0.5, 0.6) is 0 Å². The molecule has 0 atom stereocenters. The Bertz CT molecular complexity index is 1540. The van der Waals surface area contributed by atoms with E-state index in [0.29, 0.717) is 17.4 Å². The van der Waals surface area contributed by atoms with E-state index in [1.807, 2.05) is 67.0 Å². The zero-order valence-electron chi connectivity index (χ0n) is 20.1. The lowest BCUT2D eigenvalue weighted by Crippen LogP contribution is -2.25. The van der Waals surface area contributed by atoms with Crippen LogP contribution in [0, 0.1) is 0 Å². The molecule has 0 aliphatic carbocycles. The van der Waals surface area contributed by atoms with Gasteiger partial charge in [-0.05, 0) is 41.3 Å². The average molecular weight is 500 g/mol. The second-order valence-electron chi connectivity index (χ2n) is 8.53. The third-order valence-electron chi connectivity index (χ3n) is 6.23. The van der Waals surface area contributed by atoms with Crippen molar-refractivity contribution >= 4 is 11.6 Å². The third kappa shape index (κ3) is 4.47. The Labute approximate surface area is 213 Å². The number of imidazole rings is 1. The maximum absolute atomic E-state index is 13.6. The zero-order chi connectivity index (χ0) is 25.1. The number of aromatic amines is 1. The Morgan fingerprint density at radius 1 is 1.00 bits per heavy atom. The fraction of sp³-hybridized carbons (Fsp3) is 0.222. The molecule has 5 rings (SSSR count). The van der Waals surface area contributed by atoms with Gasteiger partial charge in [0.15, 0.2) is 0 Å². The van der Waals surface area contributed by atoms with E-state index in [9.17, 15) is 4.79 Å². The second kappa shape index (κ2) is 10.3. The Kier molecular flexibility index (Phi) is 6.77. The summed E-state index contributed by atoms with van der Waals surface area (Å²) < 4.78 is 3.48. The fourth-order valence-corrected chi connectivity index (χ4v) is 4.76. The van der Waals surface area contributed by atoms with E-state index in [1.54, 1.807) is 9.13 Å². The van der Waals surface area contributed by atoms with Crippen LogP contribution in [0.4, 0.5) is 0 Å². The number of aromatic nitrogens is 7. The van der Waals surface area contributed by atoms with E-state index in [4.69, 9.17) is 11.6 Å². The topological polar surface area (TPSA) is 94.3 Å². The number of hydrogen-bond acceptors (Lipinski definition) is 5. The van der Waals surface area contributed by atoms with Crippen molar-refractivity contribution in [2.45, 2.75) is 39.7 Å². The number of hydrogen-bond donors (Lipinski definition) is 1. The van der Waals surface area contributed by atoms with Crippen molar-refractivity contribution < 1.29 is 0 Å². The van der Waals surface area contributed by atoms with Crippen molar-refractivity contribution in [3.63, 3.8) is 0 Å². The second-order valence-corrected chi connectivity index (χ2v) is 8.94. The predicted molar refractivity (Wildman–Crippen MR) is 140 cm³/mol. The predicted octanol–water partition coefficient (Wildman–Crippen LogP) is 5.10. The Hall–Kier alpha value is -4.04. The van der Waals surface area contributed by atoms with Gasteiger partial charge in [0.1, 0.15) is 0 Å². The number of para-hydroxylation sites is 1. The third-order valence-corrected chi connectivity index (χ3v) is 6.53. The Morgan fingerprint density at radius 2 is 1.83 bits per heavy atom. The van der Waals surface area contributed by atoms with Gasteiger partial charge in [-0.25, -0.2) is 4.79 Å². The van der Waals surface area contributed by atoms with Gasteiger partial charge in [-0.15, -0.1) is 10.2 Å². The summed E-state index contributed by atoms with van der Waals surface area (Å²) >= 11 is 6.54. The first-order valence-corrected chi connectivity index (χ1v) is 12.4. The molecule has 5 aromatic rings. The average Bonchev–Trinajstić information content (AvgIpc) is 3.54. The summed E-state index contributed by atoms with van der Waals surface area (Å²) in [6, 6.07) is 17.6. The molecule has 0 saturated carbocycles. The fourth-order valence-electron chi connectivity index (χ4n) is 4.47. The van der Waals surface area contributed by atoms with E-state index in [1.165, 1.54) is 0 Å². The molecular formula is C27H26ClN7O. The number of aryl methyl sites for hydroxylation is 2. The van der Waals surface area contributed by atoms with Crippen molar-refractivity contribution in [1.29, 1.82) is 0 Å². The van der Waals surface area contributed by atoms with Crippen molar-refractivity contribution in [3.05, 3.63) is 99.4 Å². The zero-order valence-corrected chi connectivity index (χ0v) is 20.9. The van der Waals surface area contributed by atoms with Gasteiger partial charge in [-0.1, -0.05) is 74.3 Å². The molecule has 2 aromatic carbocycles. The Morgan fingerprint density at radius 3 is 2.53 bits per heavy atom. The van der Waals surface area contributed by atoms with Crippen molar-refractivity contribution in [2.24, 2.45) is 0 Å².